The Morgan fingerprint density at radius 2 is 1.76 bits per heavy atom. The van der Waals surface area contributed by atoms with Gasteiger partial charge in [-0.15, -0.1) is 0 Å². The van der Waals surface area contributed by atoms with Crippen LogP contribution in [0.4, 0.5) is 0 Å². The van der Waals surface area contributed by atoms with Crippen molar-refractivity contribution in [1.29, 1.82) is 0 Å². The SMILES string of the molecule is CC#CSc1n(C(C)C)c(C)c(C)[n+]1C(C)C. The molecule has 1 rings (SSSR count). The molecule has 0 saturated carbocycles. The first-order valence-corrected chi connectivity index (χ1v) is 6.94. The van der Waals surface area contributed by atoms with Crippen LogP contribution in [0.3, 0.4) is 0 Å². The van der Waals surface area contributed by atoms with Crippen LogP contribution in [0, 0.1) is 25.0 Å². The molecule has 0 radical (unpaired) electrons. The van der Waals surface area contributed by atoms with E-state index in [4.69, 9.17) is 0 Å². The van der Waals surface area contributed by atoms with Gasteiger partial charge in [0.2, 0.25) is 0 Å². The topological polar surface area (TPSA) is 8.81 Å². The van der Waals surface area contributed by atoms with E-state index in [0.29, 0.717) is 12.1 Å². The Kier molecular flexibility index (Phi) is 4.70. The maximum absolute atomic E-state index is 3.12. The highest BCUT2D eigenvalue weighted by atomic mass is 32.2. The molecule has 0 saturated heterocycles. The summed E-state index contributed by atoms with van der Waals surface area (Å²) in [5.41, 5.74) is 2.68. The monoisotopic (exact) mass is 251 g/mol. The van der Waals surface area contributed by atoms with E-state index in [1.165, 1.54) is 16.5 Å². The minimum absolute atomic E-state index is 0.467. The lowest BCUT2D eigenvalue weighted by Crippen LogP contribution is -2.40. The molecule has 0 N–H and O–H groups in total. The van der Waals surface area contributed by atoms with Gasteiger partial charge in [-0.3, -0.25) is 0 Å². The van der Waals surface area contributed by atoms with Gasteiger partial charge >= 0.3 is 5.16 Å². The number of rotatable bonds is 3. The standard InChI is InChI=1S/C14H23N2S/c1-8-9-17-14-15(10(2)3)12(6)13(7)16(14)11(4)5/h10-11H,1-7H3/q+1. The van der Waals surface area contributed by atoms with Crippen molar-refractivity contribution in [2.45, 2.75) is 65.7 Å². The molecule has 1 heterocycles. The van der Waals surface area contributed by atoms with Crippen LogP contribution in [0.5, 0.6) is 0 Å². The Morgan fingerprint density at radius 1 is 1.18 bits per heavy atom. The molecular weight excluding hydrogens is 228 g/mol. The molecule has 0 bridgehead atoms. The molecule has 0 aliphatic heterocycles. The van der Waals surface area contributed by atoms with Gasteiger partial charge < -0.3 is 0 Å². The van der Waals surface area contributed by atoms with Crippen molar-refractivity contribution in [3.8, 4) is 11.2 Å². The molecule has 3 heteroatoms. The van der Waals surface area contributed by atoms with Gasteiger partial charge in [-0.2, -0.15) is 0 Å². The molecular formula is C14H23N2S+. The predicted molar refractivity (Wildman–Crippen MR) is 74.2 cm³/mol. The average Bonchev–Trinajstić information content (AvgIpc) is 2.48. The molecule has 0 atom stereocenters. The van der Waals surface area contributed by atoms with Crippen LogP contribution in [-0.4, -0.2) is 4.57 Å². The van der Waals surface area contributed by atoms with Crippen LogP contribution < -0.4 is 4.57 Å². The van der Waals surface area contributed by atoms with Crippen LogP contribution in [0.1, 0.15) is 58.1 Å². The number of imidazole rings is 1. The van der Waals surface area contributed by atoms with E-state index in [1.54, 1.807) is 11.8 Å². The third kappa shape index (κ3) is 2.69. The number of aromatic nitrogens is 2. The summed E-state index contributed by atoms with van der Waals surface area (Å²) < 4.78 is 4.76. The van der Waals surface area contributed by atoms with Gasteiger partial charge in [-0.1, -0.05) is 5.92 Å². The van der Waals surface area contributed by atoms with Crippen molar-refractivity contribution in [2.75, 3.05) is 0 Å². The number of nitrogens with zero attached hydrogens (tertiary/aromatic N) is 2. The third-order valence-corrected chi connectivity index (χ3v) is 3.82. The summed E-state index contributed by atoms with van der Waals surface area (Å²) in [6.45, 7) is 15.2. The normalized spacial score (nSPS) is 10.9. The Bertz CT molecular complexity index is 427. The number of hydrogen-bond donors (Lipinski definition) is 0. The highest BCUT2D eigenvalue weighted by Crippen LogP contribution is 2.24. The molecule has 0 fully saturated rings. The molecule has 1 aromatic heterocycles. The van der Waals surface area contributed by atoms with Gasteiger partial charge in [-0.25, -0.2) is 9.13 Å². The van der Waals surface area contributed by atoms with Crippen molar-refractivity contribution < 1.29 is 4.57 Å². The van der Waals surface area contributed by atoms with E-state index >= 15 is 0 Å². The van der Waals surface area contributed by atoms with Gasteiger partial charge in [0, 0.05) is 13.8 Å². The second-order valence-corrected chi connectivity index (χ2v) is 5.61. The molecule has 0 aliphatic carbocycles. The Labute approximate surface area is 109 Å². The quantitative estimate of drug-likeness (QED) is 0.453. The van der Waals surface area contributed by atoms with E-state index in [9.17, 15) is 0 Å². The lowest BCUT2D eigenvalue weighted by Gasteiger charge is -2.07. The van der Waals surface area contributed by atoms with Crippen LogP contribution in [0.25, 0.3) is 0 Å². The molecule has 0 aromatic carbocycles. The van der Waals surface area contributed by atoms with E-state index in [2.05, 4.69) is 61.8 Å². The lowest BCUT2D eigenvalue weighted by atomic mass is 10.3. The zero-order chi connectivity index (χ0) is 13.2. The smallest absolute Gasteiger partial charge is 0.219 e. The summed E-state index contributed by atoms with van der Waals surface area (Å²) in [6.07, 6.45) is 0. The molecule has 0 amide bonds. The summed E-state index contributed by atoms with van der Waals surface area (Å²) >= 11 is 1.63. The van der Waals surface area contributed by atoms with Gasteiger partial charge in [0.25, 0.3) is 0 Å². The summed E-state index contributed by atoms with van der Waals surface area (Å²) in [4.78, 5) is 0. The molecule has 17 heavy (non-hydrogen) atoms. The van der Waals surface area contributed by atoms with Gasteiger partial charge in [0.1, 0.15) is 11.4 Å². The first-order valence-electron chi connectivity index (χ1n) is 6.13. The van der Waals surface area contributed by atoms with Crippen molar-refractivity contribution in [3.05, 3.63) is 11.4 Å². The fourth-order valence-electron chi connectivity index (χ4n) is 2.16. The molecule has 94 valence electrons. The molecule has 2 nitrogen and oxygen atoms in total. The van der Waals surface area contributed by atoms with Crippen molar-refractivity contribution in [2.24, 2.45) is 0 Å². The molecule has 0 aliphatic rings. The Hall–Kier alpha value is -0.880. The fourth-order valence-corrected chi connectivity index (χ4v) is 3.25. The molecule has 0 unspecified atom stereocenters. The van der Waals surface area contributed by atoms with E-state index in [1.807, 2.05) is 6.92 Å². The van der Waals surface area contributed by atoms with Crippen LogP contribution in [-0.2, 0) is 0 Å². The van der Waals surface area contributed by atoms with Crippen LogP contribution in [0.15, 0.2) is 5.16 Å². The summed E-state index contributed by atoms with van der Waals surface area (Å²) in [7, 11) is 0. The summed E-state index contributed by atoms with van der Waals surface area (Å²) in [5, 5.41) is 4.37. The molecule has 1 aromatic rings. The van der Waals surface area contributed by atoms with E-state index in [-0.39, 0.29) is 0 Å². The van der Waals surface area contributed by atoms with E-state index in [0.717, 1.165) is 0 Å². The van der Waals surface area contributed by atoms with Gasteiger partial charge in [0.05, 0.1) is 23.8 Å². The second kappa shape index (κ2) is 5.64. The largest absolute Gasteiger partial charge is 0.331 e. The second-order valence-electron chi connectivity index (χ2n) is 4.84. The van der Waals surface area contributed by atoms with Crippen molar-refractivity contribution >= 4 is 11.8 Å². The van der Waals surface area contributed by atoms with Crippen molar-refractivity contribution in [3.63, 3.8) is 0 Å². The van der Waals surface area contributed by atoms with Crippen LogP contribution >= 0.6 is 11.8 Å². The summed E-state index contributed by atoms with van der Waals surface area (Å²) in [5.74, 6) is 2.96. The lowest BCUT2D eigenvalue weighted by molar-refractivity contribution is -0.756. The number of thioether (sulfide) groups is 1. The van der Waals surface area contributed by atoms with Gasteiger partial charge in [0.15, 0.2) is 0 Å². The zero-order valence-electron chi connectivity index (χ0n) is 12.0. The first-order chi connectivity index (χ1) is 7.91. The minimum atomic E-state index is 0.467. The number of hydrogen-bond acceptors (Lipinski definition) is 1. The van der Waals surface area contributed by atoms with Crippen LogP contribution in [0.2, 0.25) is 0 Å². The Morgan fingerprint density at radius 3 is 2.18 bits per heavy atom. The maximum Gasteiger partial charge on any atom is 0.331 e. The van der Waals surface area contributed by atoms with Gasteiger partial charge in [-0.05, 0) is 39.9 Å². The zero-order valence-corrected chi connectivity index (χ0v) is 12.8. The van der Waals surface area contributed by atoms with E-state index < -0.39 is 0 Å². The third-order valence-electron chi connectivity index (χ3n) is 2.94. The Balaban J connectivity index is 3.46. The molecule has 0 spiro atoms. The highest BCUT2D eigenvalue weighted by Gasteiger charge is 2.28. The van der Waals surface area contributed by atoms with Crippen molar-refractivity contribution in [1.82, 2.24) is 4.57 Å². The predicted octanol–water partition coefficient (Wildman–Crippen LogP) is 3.63. The average molecular weight is 251 g/mol. The first kappa shape index (κ1) is 14.2. The summed E-state index contributed by atoms with van der Waals surface area (Å²) in [6, 6.07) is 0.935. The fraction of sp³-hybridized carbons (Fsp3) is 0.643. The maximum atomic E-state index is 3.12. The minimum Gasteiger partial charge on any atom is -0.219 e. The highest BCUT2D eigenvalue weighted by molar-refractivity contribution is 8.03.